The van der Waals surface area contributed by atoms with Crippen LogP contribution in [-0.2, 0) is 14.3 Å². The maximum Gasteiger partial charge on any atom is 0.309 e. The highest BCUT2D eigenvalue weighted by Crippen LogP contribution is 2.23. The molecule has 1 N–H and O–H groups in total. The molecule has 2 rings (SSSR count). The van der Waals surface area contributed by atoms with Gasteiger partial charge < -0.3 is 19.5 Å². The van der Waals surface area contributed by atoms with E-state index in [1.165, 1.54) is 0 Å². The van der Waals surface area contributed by atoms with E-state index in [9.17, 15) is 9.59 Å². The van der Waals surface area contributed by atoms with Gasteiger partial charge in [-0.05, 0) is 43.7 Å². The Labute approximate surface area is 153 Å². The highest BCUT2D eigenvalue weighted by Gasteiger charge is 2.10. The molecule has 0 bridgehead atoms. The zero-order chi connectivity index (χ0) is 18.8. The van der Waals surface area contributed by atoms with Crippen LogP contribution in [0.1, 0.15) is 18.9 Å². The number of esters is 1. The number of para-hydroxylation sites is 2. The second-order valence-corrected chi connectivity index (χ2v) is 5.55. The van der Waals surface area contributed by atoms with Gasteiger partial charge >= 0.3 is 5.97 Å². The fourth-order valence-electron chi connectivity index (χ4n) is 2.21. The lowest BCUT2D eigenvalue weighted by Crippen LogP contribution is -2.22. The second kappa shape index (κ2) is 10.1. The van der Waals surface area contributed by atoms with Crippen molar-refractivity contribution in [1.82, 2.24) is 0 Å². The van der Waals surface area contributed by atoms with E-state index in [1.807, 2.05) is 44.2 Å². The molecule has 0 aliphatic heterocycles. The molecule has 0 fully saturated rings. The molecule has 26 heavy (non-hydrogen) atoms. The van der Waals surface area contributed by atoms with Gasteiger partial charge in [0.25, 0.3) is 5.91 Å². The van der Waals surface area contributed by atoms with Crippen molar-refractivity contribution in [3.63, 3.8) is 0 Å². The lowest BCUT2D eigenvalue weighted by molar-refractivity contribution is -0.147. The van der Waals surface area contributed by atoms with Crippen molar-refractivity contribution in [1.29, 1.82) is 0 Å². The highest BCUT2D eigenvalue weighted by atomic mass is 16.5. The number of anilines is 1. The lowest BCUT2D eigenvalue weighted by atomic mass is 10.2. The summed E-state index contributed by atoms with van der Waals surface area (Å²) in [5.74, 6) is 0.348. The van der Waals surface area contributed by atoms with E-state index in [2.05, 4.69) is 5.32 Å². The summed E-state index contributed by atoms with van der Waals surface area (Å²) in [5.41, 5.74) is 1.62. The summed E-state index contributed by atoms with van der Waals surface area (Å²) in [5, 5.41) is 2.67. The van der Waals surface area contributed by atoms with E-state index in [4.69, 9.17) is 14.2 Å². The quantitative estimate of drug-likeness (QED) is 0.697. The van der Waals surface area contributed by atoms with Crippen LogP contribution < -0.4 is 14.8 Å². The van der Waals surface area contributed by atoms with Crippen molar-refractivity contribution in [3.05, 3.63) is 54.1 Å². The maximum atomic E-state index is 11.9. The van der Waals surface area contributed by atoms with E-state index in [-0.39, 0.29) is 19.6 Å². The smallest absolute Gasteiger partial charge is 0.309 e. The highest BCUT2D eigenvalue weighted by molar-refractivity contribution is 5.94. The number of amides is 1. The van der Waals surface area contributed by atoms with Gasteiger partial charge in [-0.25, -0.2) is 0 Å². The van der Waals surface area contributed by atoms with E-state index >= 15 is 0 Å². The Morgan fingerprint density at radius 3 is 2.62 bits per heavy atom. The molecule has 0 spiro atoms. The van der Waals surface area contributed by atoms with Gasteiger partial charge in [0, 0.05) is 0 Å². The zero-order valence-electron chi connectivity index (χ0n) is 15.0. The van der Waals surface area contributed by atoms with Gasteiger partial charge in [0.15, 0.2) is 6.61 Å². The molecule has 0 unspecified atom stereocenters. The first-order valence-corrected chi connectivity index (χ1v) is 8.45. The number of aryl methyl sites for hydroxylation is 1. The standard InChI is InChI=1S/C20H23NO5/c1-3-24-18-10-5-4-9-17(18)21-19(22)14-26-20(23)11-12-25-16-8-6-7-15(2)13-16/h4-10,13H,3,11-12,14H2,1-2H3,(H,21,22). The topological polar surface area (TPSA) is 73.9 Å². The molecule has 138 valence electrons. The molecular formula is C20H23NO5. The van der Waals surface area contributed by atoms with Gasteiger partial charge in [-0.3, -0.25) is 9.59 Å². The first-order valence-electron chi connectivity index (χ1n) is 8.45. The number of benzene rings is 2. The third kappa shape index (κ3) is 6.47. The Kier molecular flexibility index (Phi) is 7.49. The molecule has 0 aliphatic carbocycles. The molecule has 2 aromatic rings. The summed E-state index contributed by atoms with van der Waals surface area (Å²) in [6.07, 6.45) is 0.0662. The number of ether oxygens (including phenoxy) is 3. The van der Waals surface area contributed by atoms with Crippen LogP contribution in [0.3, 0.4) is 0 Å². The van der Waals surface area contributed by atoms with Gasteiger partial charge in [-0.2, -0.15) is 0 Å². The van der Waals surface area contributed by atoms with Crippen LogP contribution in [-0.4, -0.2) is 31.7 Å². The lowest BCUT2D eigenvalue weighted by Gasteiger charge is -2.11. The molecule has 1 amide bonds. The Hall–Kier alpha value is -3.02. The molecule has 2 aromatic carbocycles. The summed E-state index contributed by atoms with van der Waals surface area (Å²) in [6, 6.07) is 14.6. The first-order chi connectivity index (χ1) is 12.6. The van der Waals surface area contributed by atoms with Gasteiger partial charge in [0.2, 0.25) is 0 Å². The molecular weight excluding hydrogens is 334 g/mol. The summed E-state index contributed by atoms with van der Waals surface area (Å²) >= 11 is 0. The SMILES string of the molecule is CCOc1ccccc1NC(=O)COC(=O)CCOc1cccc(C)c1. The molecule has 0 radical (unpaired) electrons. The first kappa shape index (κ1) is 19.3. The monoisotopic (exact) mass is 357 g/mol. The molecule has 0 aliphatic rings. The van der Waals surface area contributed by atoms with E-state index in [1.54, 1.807) is 18.2 Å². The van der Waals surface area contributed by atoms with Crippen molar-refractivity contribution in [2.24, 2.45) is 0 Å². The van der Waals surface area contributed by atoms with Crippen molar-refractivity contribution < 1.29 is 23.8 Å². The predicted molar refractivity (Wildman–Crippen MR) is 98.5 cm³/mol. The molecule has 0 heterocycles. The number of nitrogens with one attached hydrogen (secondary N) is 1. The fraction of sp³-hybridized carbons (Fsp3) is 0.300. The fourth-order valence-corrected chi connectivity index (χ4v) is 2.21. The molecule has 0 atom stereocenters. The summed E-state index contributed by atoms with van der Waals surface area (Å²) < 4.78 is 15.9. The number of hydrogen-bond acceptors (Lipinski definition) is 5. The van der Waals surface area contributed by atoms with Crippen molar-refractivity contribution >= 4 is 17.6 Å². The van der Waals surface area contributed by atoms with Crippen LogP contribution >= 0.6 is 0 Å². The number of rotatable bonds is 9. The van der Waals surface area contributed by atoms with Crippen molar-refractivity contribution in [2.75, 3.05) is 25.1 Å². The van der Waals surface area contributed by atoms with E-state index < -0.39 is 11.9 Å². The Bertz CT molecular complexity index is 744. The third-order valence-corrected chi connectivity index (χ3v) is 3.39. The molecule has 6 nitrogen and oxygen atoms in total. The van der Waals surface area contributed by atoms with Crippen LogP contribution in [0, 0.1) is 6.92 Å². The Morgan fingerprint density at radius 1 is 1.04 bits per heavy atom. The number of hydrogen-bond donors (Lipinski definition) is 1. The molecule has 0 saturated carbocycles. The summed E-state index contributed by atoms with van der Waals surface area (Å²) in [4.78, 5) is 23.7. The van der Waals surface area contributed by atoms with Crippen LogP contribution in [0.15, 0.2) is 48.5 Å². The Morgan fingerprint density at radius 2 is 1.85 bits per heavy atom. The molecule has 0 aromatic heterocycles. The zero-order valence-corrected chi connectivity index (χ0v) is 15.0. The Balaban J connectivity index is 1.71. The van der Waals surface area contributed by atoms with Gasteiger partial charge in [-0.15, -0.1) is 0 Å². The predicted octanol–water partition coefficient (Wildman–Crippen LogP) is 3.34. The van der Waals surface area contributed by atoms with Crippen molar-refractivity contribution in [3.8, 4) is 11.5 Å². The van der Waals surface area contributed by atoms with Crippen LogP contribution in [0.5, 0.6) is 11.5 Å². The van der Waals surface area contributed by atoms with Crippen LogP contribution in [0.25, 0.3) is 0 Å². The summed E-state index contributed by atoms with van der Waals surface area (Å²) in [6.45, 7) is 4.15. The minimum absolute atomic E-state index is 0.0662. The second-order valence-electron chi connectivity index (χ2n) is 5.55. The average Bonchev–Trinajstić information content (AvgIpc) is 2.62. The largest absolute Gasteiger partial charge is 0.493 e. The van der Waals surface area contributed by atoms with Gasteiger partial charge in [-0.1, -0.05) is 24.3 Å². The minimum atomic E-state index is -0.495. The molecule has 0 saturated heterocycles. The third-order valence-electron chi connectivity index (χ3n) is 3.39. The van der Waals surface area contributed by atoms with Crippen molar-refractivity contribution in [2.45, 2.75) is 20.3 Å². The maximum absolute atomic E-state index is 11.9. The van der Waals surface area contributed by atoms with E-state index in [0.717, 1.165) is 5.56 Å². The number of carbonyl (C=O) groups excluding carboxylic acids is 2. The van der Waals surface area contributed by atoms with Crippen LogP contribution in [0.4, 0.5) is 5.69 Å². The molecule has 6 heteroatoms. The van der Waals surface area contributed by atoms with E-state index in [0.29, 0.717) is 23.8 Å². The average molecular weight is 357 g/mol. The minimum Gasteiger partial charge on any atom is -0.493 e. The van der Waals surface area contributed by atoms with Crippen LogP contribution in [0.2, 0.25) is 0 Å². The number of carbonyl (C=O) groups is 2. The normalized spacial score (nSPS) is 10.1. The van der Waals surface area contributed by atoms with Gasteiger partial charge in [0.05, 0.1) is 25.3 Å². The van der Waals surface area contributed by atoms with Gasteiger partial charge in [0.1, 0.15) is 11.5 Å². The summed E-state index contributed by atoms with van der Waals surface area (Å²) in [7, 11) is 0.